The SMILES string of the molecule is CC(O)CNCc1ccc(CO)o1. The van der Waals surface area contributed by atoms with Gasteiger partial charge in [-0.15, -0.1) is 0 Å². The first kappa shape index (κ1) is 10.2. The number of rotatable bonds is 5. The number of aliphatic hydroxyl groups excluding tert-OH is 2. The molecule has 0 aromatic carbocycles. The van der Waals surface area contributed by atoms with Gasteiger partial charge < -0.3 is 19.9 Å². The molecule has 0 aliphatic heterocycles. The van der Waals surface area contributed by atoms with Gasteiger partial charge in [0, 0.05) is 6.54 Å². The van der Waals surface area contributed by atoms with E-state index in [0.29, 0.717) is 18.8 Å². The van der Waals surface area contributed by atoms with Crippen LogP contribution in [-0.2, 0) is 13.2 Å². The van der Waals surface area contributed by atoms with Crippen LogP contribution in [0.3, 0.4) is 0 Å². The molecule has 1 unspecified atom stereocenters. The van der Waals surface area contributed by atoms with Crippen LogP contribution in [-0.4, -0.2) is 22.9 Å². The van der Waals surface area contributed by atoms with Gasteiger partial charge in [0.25, 0.3) is 0 Å². The van der Waals surface area contributed by atoms with Gasteiger partial charge in [0.2, 0.25) is 0 Å². The third-order valence-corrected chi connectivity index (χ3v) is 1.61. The fourth-order valence-electron chi connectivity index (χ4n) is 1.01. The highest BCUT2D eigenvalue weighted by Gasteiger charge is 2.00. The topological polar surface area (TPSA) is 65.6 Å². The molecule has 1 aromatic heterocycles. The molecule has 4 nitrogen and oxygen atoms in total. The lowest BCUT2D eigenvalue weighted by molar-refractivity contribution is 0.189. The van der Waals surface area contributed by atoms with E-state index in [1.807, 2.05) is 0 Å². The smallest absolute Gasteiger partial charge is 0.129 e. The van der Waals surface area contributed by atoms with Crippen molar-refractivity contribution in [3.8, 4) is 0 Å². The normalized spacial score (nSPS) is 13.2. The number of nitrogens with one attached hydrogen (secondary N) is 1. The van der Waals surface area contributed by atoms with Crippen molar-refractivity contribution in [3.05, 3.63) is 23.7 Å². The fraction of sp³-hybridized carbons (Fsp3) is 0.556. The van der Waals surface area contributed by atoms with Gasteiger partial charge in [-0.1, -0.05) is 0 Å². The molecule has 4 heteroatoms. The molecule has 1 aromatic rings. The molecule has 0 saturated heterocycles. The van der Waals surface area contributed by atoms with E-state index in [4.69, 9.17) is 14.6 Å². The molecule has 0 aliphatic rings. The predicted octanol–water partition coefficient (Wildman–Crippen LogP) is 0.242. The van der Waals surface area contributed by atoms with Crippen LogP contribution in [0.1, 0.15) is 18.4 Å². The van der Waals surface area contributed by atoms with E-state index >= 15 is 0 Å². The van der Waals surface area contributed by atoms with Gasteiger partial charge in [-0.25, -0.2) is 0 Å². The first-order valence-corrected chi connectivity index (χ1v) is 4.29. The van der Waals surface area contributed by atoms with Gasteiger partial charge in [-0.3, -0.25) is 0 Å². The summed E-state index contributed by atoms with van der Waals surface area (Å²) in [7, 11) is 0. The summed E-state index contributed by atoms with van der Waals surface area (Å²) in [5.41, 5.74) is 0. The maximum atomic E-state index is 8.95. The zero-order chi connectivity index (χ0) is 9.68. The van der Waals surface area contributed by atoms with Crippen molar-refractivity contribution < 1.29 is 14.6 Å². The van der Waals surface area contributed by atoms with Crippen molar-refractivity contribution in [3.63, 3.8) is 0 Å². The molecule has 0 saturated carbocycles. The van der Waals surface area contributed by atoms with E-state index in [1.165, 1.54) is 0 Å². The predicted molar refractivity (Wildman–Crippen MR) is 48.0 cm³/mol. The van der Waals surface area contributed by atoms with Crippen LogP contribution in [0.25, 0.3) is 0 Å². The highest BCUT2D eigenvalue weighted by molar-refractivity contribution is 5.05. The van der Waals surface area contributed by atoms with E-state index in [2.05, 4.69) is 5.32 Å². The molecule has 74 valence electrons. The lowest BCUT2D eigenvalue weighted by Gasteiger charge is -2.04. The second kappa shape index (κ2) is 5.01. The van der Waals surface area contributed by atoms with E-state index in [9.17, 15) is 0 Å². The van der Waals surface area contributed by atoms with Gasteiger partial charge in [0.05, 0.1) is 12.6 Å². The van der Waals surface area contributed by atoms with Crippen molar-refractivity contribution in [2.75, 3.05) is 6.54 Å². The highest BCUT2D eigenvalue weighted by atomic mass is 16.4. The second-order valence-electron chi connectivity index (χ2n) is 3.01. The Bertz CT molecular complexity index is 245. The minimum absolute atomic E-state index is 0.0730. The van der Waals surface area contributed by atoms with Gasteiger partial charge in [-0.05, 0) is 19.1 Å². The fourth-order valence-corrected chi connectivity index (χ4v) is 1.01. The molecule has 13 heavy (non-hydrogen) atoms. The van der Waals surface area contributed by atoms with Crippen molar-refractivity contribution in [1.82, 2.24) is 5.32 Å². The average Bonchev–Trinajstić information content (AvgIpc) is 2.52. The molecular weight excluding hydrogens is 170 g/mol. The van der Waals surface area contributed by atoms with E-state index in [-0.39, 0.29) is 12.7 Å². The van der Waals surface area contributed by atoms with Crippen LogP contribution >= 0.6 is 0 Å². The summed E-state index contributed by atoms with van der Waals surface area (Å²) in [6.45, 7) is 2.75. The zero-order valence-electron chi connectivity index (χ0n) is 7.66. The Morgan fingerprint density at radius 1 is 1.46 bits per heavy atom. The lowest BCUT2D eigenvalue weighted by atomic mass is 10.4. The summed E-state index contributed by atoms with van der Waals surface area (Å²) in [5.74, 6) is 1.33. The molecule has 1 heterocycles. The third kappa shape index (κ3) is 3.59. The molecule has 3 N–H and O–H groups in total. The number of hydrogen-bond donors (Lipinski definition) is 3. The zero-order valence-corrected chi connectivity index (χ0v) is 7.66. The molecular formula is C9H15NO3. The molecule has 0 bridgehead atoms. The molecule has 0 radical (unpaired) electrons. The first-order valence-electron chi connectivity index (χ1n) is 4.29. The van der Waals surface area contributed by atoms with E-state index in [0.717, 1.165) is 5.76 Å². The number of aliphatic hydroxyl groups is 2. The Kier molecular flexibility index (Phi) is 3.95. The summed E-state index contributed by atoms with van der Waals surface area (Å²) >= 11 is 0. The summed E-state index contributed by atoms with van der Waals surface area (Å²) in [6.07, 6.45) is -0.354. The van der Waals surface area contributed by atoms with Crippen LogP contribution in [0.2, 0.25) is 0 Å². The van der Waals surface area contributed by atoms with Crippen molar-refractivity contribution in [2.45, 2.75) is 26.2 Å². The lowest BCUT2D eigenvalue weighted by Crippen LogP contribution is -2.23. The monoisotopic (exact) mass is 185 g/mol. The Labute approximate surface area is 77.2 Å². The minimum atomic E-state index is -0.354. The second-order valence-corrected chi connectivity index (χ2v) is 3.01. The van der Waals surface area contributed by atoms with Gasteiger partial charge >= 0.3 is 0 Å². The summed E-state index contributed by atoms with van der Waals surface area (Å²) in [5, 5.41) is 20.7. The Balaban J connectivity index is 2.28. The standard InChI is InChI=1S/C9H15NO3/c1-7(12)4-10-5-8-2-3-9(6-11)13-8/h2-3,7,10-12H,4-6H2,1H3. The molecule has 1 atom stereocenters. The van der Waals surface area contributed by atoms with Gasteiger partial charge in [0.1, 0.15) is 18.1 Å². The van der Waals surface area contributed by atoms with Crippen molar-refractivity contribution >= 4 is 0 Å². The van der Waals surface area contributed by atoms with Crippen LogP contribution in [0, 0.1) is 0 Å². The van der Waals surface area contributed by atoms with Crippen LogP contribution < -0.4 is 5.32 Å². The van der Waals surface area contributed by atoms with Crippen molar-refractivity contribution in [2.24, 2.45) is 0 Å². The summed E-state index contributed by atoms with van der Waals surface area (Å²) < 4.78 is 5.22. The van der Waals surface area contributed by atoms with E-state index < -0.39 is 0 Å². The summed E-state index contributed by atoms with van der Waals surface area (Å²) in [6, 6.07) is 3.54. The molecule has 0 amide bonds. The Morgan fingerprint density at radius 2 is 2.15 bits per heavy atom. The Morgan fingerprint density at radius 3 is 2.69 bits per heavy atom. The molecule has 0 spiro atoms. The van der Waals surface area contributed by atoms with Gasteiger partial charge in [-0.2, -0.15) is 0 Å². The summed E-state index contributed by atoms with van der Waals surface area (Å²) in [4.78, 5) is 0. The third-order valence-electron chi connectivity index (χ3n) is 1.61. The number of hydrogen-bond acceptors (Lipinski definition) is 4. The largest absolute Gasteiger partial charge is 0.462 e. The maximum absolute atomic E-state index is 8.95. The molecule has 1 rings (SSSR count). The number of furan rings is 1. The highest BCUT2D eigenvalue weighted by Crippen LogP contribution is 2.06. The molecule has 0 fully saturated rings. The van der Waals surface area contributed by atoms with Crippen LogP contribution in [0.15, 0.2) is 16.5 Å². The minimum Gasteiger partial charge on any atom is -0.462 e. The van der Waals surface area contributed by atoms with Crippen LogP contribution in [0.4, 0.5) is 0 Å². The Hall–Kier alpha value is -0.840. The maximum Gasteiger partial charge on any atom is 0.129 e. The quantitative estimate of drug-likeness (QED) is 0.615. The van der Waals surface area contributed by atoms with Crippen molar-refractivity contribution in [1.29, 1.82) is 0 Å². The van der Waals surface area contributed by atoms with E-state index in [1.54, 1.807) is 19.1 Å². The van der Waals surface area contributed by atoms with Crippen LogP contribution in [0.5, 0.6) is 0 Å². The molecule has 0 aliphatic carbocycles. The van der Waals surface area contributed by atoms with Gasteiger partial charge in [0.15, 0.2) is 0 Å². The average molecular weight is 185 g/mol. The first-order chi connectivity index (χ1) is 6.22.